The van der Waals surface area contributed by atoms with Gasteiger partial charge in [-0.1, -0.05) is 18.2 Å². The standard InChI is InChI=1S/C12H11NS/c1-8-12-10(6-7-13-8)9-4-2-3-5-11(9)14-12/h2-5H,6-7H2,1H3. The van der Waals surface area contributed by atoms with Crippen LogP contribution >= 0.6 is 11.3 Å². The highest BCUT2D eigenvalue weighted by Gasteiger charge is 2.16. The molecule has 2 heteroatoms. The number of rotatable bonds is 0. The highest BCUT2D eigenvalue weighted by molar-refractivity contribution is 7.21. The summed E-state index contributed by atoms with van der Waals surface area (Å²) in [6.45, 7) is 3.08. The molecule has 0 unspecified atom stereocenters. The first kappa shape index (κ1) is 8.18. The number of hydrogen-bond donors (Lipinski definition) is 0. The van der Waals surface area contributed by atoms with Gasteiger partial charge in [0.2, 0.25) is 0 Å². The molecule has 0 saturated heterocycles. The molecule has 0 bridgehead atoms. The van der Waals surface area contributed by atoms with Crippen LogP contribution in [0.25, 0.3) is 10.1 Å². The van der Waals surface area contributed by atoms with Crippen molar-refractivity contribution in [2.75, 3.05) is 6.54 Å². The van der Waals surface area contributed by atoms with Crippen molar-refractivity contribution in [2.24, 2.45) is 4.99 Å². The topological polar surface area (TPSA) is 12.4 Å². The van der Waals surface area contributed by atoms with Gasteiger partial charge in [-0.3, -0.25) is 4.99 Å². The van der Waals surface area contributed by atoms with E-state index in [9.17, 15) is 0 Å². The molecule has 2 aromatic rings. The number of fused-ring (bicyclic) bond motifs is 3. The summed E-state index contributed by atoms with van der Waals surface area (Å²) in [6.07, 6.45) is 1.11. The second kappa shape index (κ2) is 2.92. The first-order valence-electron chi connectivity index (χ1n) is 4.88. The van der Waals surface area contributed by atoms with E-state index in [0.29, 0.717) is 0 Å². The minimum atomic E-state index is 0.958. The van der Waals surface area contributed by atoms with E-state index in [2.05, 4.69) is 36.2 Å². The molecule has 0 spiro atoms. The number of benzene rings is 1. The van der Waals surface area contributed by atoms with Crippen LogP contribution in [0.3, 0.4) is 0 Å². The minimum absolute atomic E-state index is 0.958. The second-order valence-electron chi connectivity index (χ2n) is 3.62. The molecular formula is C12H11NS. The van der Waals surface area contributed by atoms with Gasteiger partial charge in [0, 0.05) is 17.0 Å². The molecule has 0 atom stereocenters. The van der Waals surface area contributed by atoms with Crippen LogP contribution < -0.4 is 0 Å². The van der Waals surface area contributed by atoms with Crippen LogP contribution in [0.5, 0.6) is 0 Å². The molecule has 0 aliphatic carbocycles. The lowest BCUT2D eigenvalue weighted by Gasteiger charge is -2.08. The monoisotopic (exact) mass is 201 g/mol. The molecule has 1 aliphatic rings. The van der Waals surface area contributed by atoms with Crippen LogP contribution in [0.15, 0.2) is 29.3 Å². The zero-order valence-corrected chi connectivity index (χ0v) is 8.90. The maximum absolute atomic E-state index is 4.49. The van der Waals surface area contributed by atoms with Gasteiger partial charge < -0.3 is 0 Å². The van der Waals surface area contributed by atoms with E-state index in [1.54, 1.807) is 0 Å². The van der Waals surface area contributed by atoms with Crippen molar-refractivity contribution in [3.8, 4) is 0 Å². The van der Waals surface area contributed by atoms with Gasteiger partial charge in [0.05, 0.1) is 4.88 Å². The van der Waals surface area contributed by atoms with Gasteiger partial charge in [0.1, 0.15) is 0 Å². The average Bonchev–Trinajstić information content (AvgIpc) is 2.59. The maximum Gasteiger partial charge on any atom is 0.0523 e. The van der Waals surface area contributed by atoms with E-state index in [1.807, 2.05) is 11.3 Å². The molecule has 0 radical (unpaired) electrons. The predicted octanol–water partition coefficient (Wildman–Crippen LogP) is 3.27. The molecule has 1 aromatic heterocycles. The van der Waals surface area contributed by atoms with Gasteiger partial charge in [-0.25, -0.2) is 0 Å². The van der Waals surface area contributed by atoms with E-state index in [0.717, 1.165) is 13.0 Å². The van der Waals surface area contributed by atoms with Gasteiger partial charge in [-0.2, -0.15) is 0 Å². The van der Waals surface area contributed by atoms with Gasteiger partial charge >= 0.3 is 0 Å². The van der Waals surface area contributed by atoms with E-state index in [1.165, 1.54) is 26.2 Å². The summed E-state index contributed by atoms with van der Waals surface area (Å²) in [5.74, 6) is 0. The van der Waals surface area contributed by atoms with Crippen LogP contribution in [0.4, 0.5) is 0 Å². The Kier molecular flexibility index (Phi) is 1.71. The molecule has 0 amide bonds. The number of nitrogens with zero attached hydrogens (tertiary/aromatic N) is 1. The van der Waals surface area contributed by atoms with Crippen molar-refractivity contribution in [1.29, 1.82) is 0 Å². The SMILES string of the molecule is CC1=NCCc2c1sc1ccccc21. The third kappa shape index (κ3) is 1.04. The molecule has 3 rings (SSSR count). The fourth-order valence-corrected chi connectivity index (χ4v) is 3.26. The van der Waals surface area contributed by atoms with E-state index in [-0.39, 0.29) is 0 Å². The molecule has 0 fully saturated rings. The zero-order chi connectivity index (χ0) is 9.54. The molecule has 1 aliphatic heterocycles. The highest BCUT2D eigenvalue weighted by atomic mass is 32.1. The summed E-state index contributed by atoms with van der Waals surface area (Å²) in [5.41, 5.74) is 2.73. The largest absolute Gasteiger partial charge is 0.288 e. The summed E-state index contributed by atoms with van der Waals surface area (Å²) in [5, 5.41) is 1.43. The molecule has 1 aromatic carbocycles. The van der Waals surface area contributed by atoms with Crippen molar-refractivity contribution < 1.29 is 0 Å². The van der Waals surface area contributed by atoms with E-state index < -0.39 is 0 Å². The predicted molar refractivity (Wildman–Crippen MR) is 62.6 cm³/mol. The lowest BCUT2D eigenvalue weighted by Crippen LogP contribution is -2.06. The highest BCUT2D eigenvalue weighted by Crippen LogP contribution is 2.33. The molecular weight excluding hydrogens is 190 g/mol. The Morgan fingerprint density at radius 3 is 3.07 bits per heavy atom. The summed E-state index contributed by atoms with van der Waals surface area (Å²) in [7, 11) is 0. The minimum Gasteiger partial charge on any atom is -0.288 e. The van der Waals surface area contributed by atoms with Crippen molar-refractivity contribution in [3.63, 3.8) is 0 Å². The Bertz CT molecular complexity index is 522. The van der Waals surface area contributed by atoms with Crippen LogP contribution in [-0.4, -0.2) is 12.3 Å². The Morgan fingerprint density at radius 2 is 2.14 bits per heavy atom. The second-order valence-corrected chi connectivity index (χ2v) is 4.68. The van der Waals surface area contributed by atoms with Gasteiger partial charge in [0.15, 0.2) is 0 Å². The molecule has 2 heterocycles. The molecule has 1 nitrogen and oxygen atoms in total. The van der Waals surface area contributed by atoms with Gasteiger partial charge in [-0.15, -0.1) is 11.3 Å². The van der Waals surface area contributed by atoms with Gasteiger partial charge in [-0.05, 0) is 30.4 Å². The van der Waals surface area contributed by atoms with Gasteiger partial charge in [0.25, 0.3) is 0 Å². The molecule has 0 saturated carbocycles. The lowest BCUT2D eigenvalue weighted by atomic mass is 10.0. The normalized spacial score (nSPS) is 15.4. The van der Waals surface area contributed by atoms with Crippen LogP contribution in [0, 0.1) is 0 Å². The molecule has 70 valence electrons. The quantitative estimate of drug-likeness (QED) is 0.620. The first-order valence-corrected chi connectivity index (χ1v) is 5.70. The zero-order valence-electron chi connectivity index (χ0n) is 8.08. The Balaban J connectivity index is 2.40. The fourth-order valence-electron chi connectivity index (χ4n) is 2.05. The third-order valence-electron chi connectivity index (χ3n) is 2.74. The summed E-state index contributed by atoms with van der Waals surface area (Å²) >= 11 is 1.88. The van der Waals surface area contributed by atoms with Crippen LogP contribution in [0.2, 0.25) is 0 Å². The van der Waals surface area contributed by atoms with Crippen molar-refractivity contribution in [3.05, 3.63) is 34.7 Å². The number of thiophene rings is 1. The summed E-state index contributed by atoms with van der Waals surface area (Å²) in [4.78, 5) is 5.89. The first-order chi connectivity index (χ1) is 6.86. The smallest absolute Gasteiger partial charge is 0.0523 e. The maximum atomic E-state index is 4.49. The lowest BCUT2D eigenvalue weighted by molar-refractivity contribution is 0.958. The Morgan fingerprint density at radius 1 is 1.29 bits per heavy atom. The fraction of sp³-hybridized carbons (Fsp3) is 0.250. The molecule has 14 heavy (non-hydrogen) atoms. The van der Waals surface area contributed by atoms with Crippen molar-refractivity contribution in [2.45, 2.75) is 13.3 Å². The van der Waals surface area contributed by atoms with Crippen LogP contribution in [-0.2, 0) is 6.42 Å². The number of aliphatic imine (C=N–C) groups is 1. The number of hydrogen-bond acceptors (Lipinski definition) is 2. The van der Waals surface area contributed by atoms with Crippen LogP contribution in [0.1, 0.15) is 17.4 Å². The van der Waals surface area contributed by atoms with E-state index in [4.69, 9.17) is 0 Å². The molecule has 0 N–H and O–H groups in total. The summed E-state index contributed by atoms with van der Waals surface area (Å²) in [6, 6.07) is 8.65. The summed E-state index contributed by atoms with van der Waals surface area (Å²) < 4.78 is 1.40. The van der Waals surface area contributed by atoms with E-state index >= 15 is 0 Å². The van der Waals surface area contributed by atoms with Crippen molar-refractivity contribution >= 4 is 27.1 Å². The Labute approximate surface area is 87.1 Å². The Hall–Kier alpha value is -1.15. The third-order valence-corrected chi connectivity index (χ3v) is 4.06. The average molecular weight is 201 g/mol. The van der Waals surface area contributed by atoms with Crippen molar-refractivity contribution in [1.82, 2.24) is 0 Å².